The van der Waals surface area contributed by atoms with Gasteiger partial charge < -0.3 is 4.74 Å². The van der Waals surface area contributed by atoms with E-state index in [2.05, 4.69) is 66.8 Å². The molecule has 0 amide bonds. The van der Waals surface area contributed by atoms with E-state index in [0.717, 1.165) is 19.4 Å². The molecule has 1 fully saturated rings. The zero-order chi connectivity index (χ0) is 13.1. The molecule has 2 rings (SSSR count). The molecular weight excluding hydrogens is 424 g/mol. The Morgan fingerprint density at radius 3 is 2.78 bits per heavy atom. The van der Waals surface area contributed by atoms with E-state index in [1.807, 2.05) is 0 Å². The van der Waals surface area contributed by atoms with Gasteiger partial charge in [-0.2, -0.15) is 0 Å². The van der Waals surface area contributed by atoms with Crippen molar-refractivity contribution >= 4 is 47.8 Å². The Labute approximate surface area is 134 Å². The third kappa shape index (κ3) is 3.81. The normalized spacial score (nSPS) is 21.2. The lowest BCUT2D eigenvalue weighted by Gasteiger charge is -2.16. The maximum absolute atomic E-state index is 5.67. The van der Waals surface area contributed by atoms with Gasteiger partial charge in [0.2, 0.25) is 0 Å². The van der Waals surface area contributed by atoms with Crippen molar-refractivity contribution in [3.05, 3.63) is 32.2 Å². The summed E-state index contributed by atoms with van der Waals surface area (Å²) in [4.78, 5) is 0.382. The molecule has 0 aliphatic carbocycles. The maximum Gasteiger partial charge on any atom is 0.0576 e. The lowest BCUT2D eigenvalue weighted by molar-refractivity contribution is 0.102. The number of halogens is 3. The fraction of sp³-hybridized carbons (Fsp3) is 0.571. The first-order valence-electron chi connectivity index (χ1n) is 6.29. The molecule has 0 spiro atoms. The van der Waals surface area contributed by atoms with E-state index in [4.69, 9.17) is 4.74 Å². The number of aryl methyl sites for hydroxylation is 1. The quantitative estimate of drug-likeness (QED) is 0.528. The van der Waals surface area contributed by atoms with Gasteiger partial charge in [-0.15, -0.1) is 0 Å². The lowest BCUT2D eigenvalue weighted by atomic mass is 10.0. The van der Waals surface area contributed by atoms with Crippen LogP contribution < -0.4 is 0 Å². The molecule has 0 radical (unpaired) electrons. The molecule has 2 unspecified atom stereocenters. The van der Waals surface area contributed by atoms with Crippen LogP contribution in [0.2, 0.25) is 0 Å². The second-order valence-corrected chi connectivity index (χ2v) is 7.62. The second-order valence-electron chi connectivity index (χ2n) is 4.80. The van der Waals surface area contributed by atoms with E-state index in [1.165, 1.54) is 32.9 Å². The Morgan fingerprint density at radius 1 is 1.33 bits per heavy atom. The predicted octanol–water partition coefficient (Wildman–Crippen LogP) is 5.92. The molecule has 1 aromatic rings. The molecular formula is C14H17Br3O. The van der Waals surface area contributed by atoms with E-state index in [1.54, 1.807) is 0 Å². The molecule has 2 atom stereocenters. The Morgan fingerprint density at radius 2 is 2.11 bits per heavy atom. The Hall–Kier alpha value is 0.620. The summed E-state index contributed by atoms with van der Waals surface area (Å²) in [6.45, 7) is 3.05. The van der Waals surface area contributed by atoms with Crippen molar-refractivity contribution in [2.45, 2.75) is 43.5 Å². The van der Waals surface area contributed by atoms with Gasteiger partial charge in [0.25, 0.3) is 0 Å². The van der Waals surface area contributed by atoms with Crippen LogP contribution in [0, 0.1) is 6.92 Å². The topological polar surface area (TPSA) is 9.23 Å². The highest BCUT2D eigenvalue weighted by Gasteiger charge is 2.19. The molecule has 1 heterocycles. The van der Waals surface area contributed by atoms with Gasteiger partial charge in [-0.3, -0.25) is 0 Å². The standard InChI is InChI=1S/C14H17Br3O/c1-9-7-14(17)11(8-13(9)16)12(15)5-4-10-3-2-6-18-10/h7-8,10,12H,2-6H2,1H3. The average molecular weight is 441 g/mol. The van der Waals surface area contributed by atoms with Gasteiger partial charge in [0, 0.05) is 20.4 Å². The van der Waals surface area contributed by atoms with Crippen molar-refractivity contribution in [3.63, 3.8) is 0 Å². The van der Waals surface area contributed by atoms with Crippen LogP contribution >= 0.6 is 47.8 Å². The van der Waals surface area contributed by atoms with Crippen molar-refractivity contribution in [3.8, 4) is 0 Å². The zero-order valence-corrected chi connectivity index (χ0v) is 15.1. The number of hydrogen-bond donors (Lipinski definition) is 0. The smallest absolute Gasteiger partial charge is 0.0576 e. The molecule has 1 saturated heterocycles. The van der Waals surface area contributed by atoms with Crippen LogP contribution in [0.25, 0.3) is 0 Å². The first-order valence-corrected chi connectivity index (χ1v) is 8.79. The Balaban J connectivity index is 1.99. The van der Waals surface area contributed by atoms with Crippen LogP contribution in [0.4, 0.5) is 0 Å². The van der Waals surface area contributed by atoms with Gasteiger partial charge in [-0.1, -0.05) is 47.8 Å². The Kier molecular flexibility index (Phi) is 5.73. The van der Waals surface area contributed by atoms with Crippen molar-refractivity contribution in [2.75, 3.05) is 6.61 Å². The van der Waals surface area contributed by atoms with Crippen LogP contribution in [0.3, 0.4) is 0 Å². The number of benzene rings is 1. The molecule has 1 aliphatic heterocycles. The van der Waals surface area contributed by atoms with Crippen molar-refractivity contribution in [1.82, 2.24) is 0 Å². The molecule has 1 aromatic carbocycles. The van der Waals surface area contributed by atoms with Gasteiger partial charge in [0.15, 0.2) is 0 Å². The fourth-order valence-corrected chi connectivity index (χ4v) is 4.31. The van der Waals surface area contributed by atoms with Crippen molar-refractivity contribution < 1.29 is 4.74 Å². The highest BCUT2D eigenvalue weighted by Crippen LogP contribution is 2.37. The molecule has 1 aliphatic rings. The highest BCUT2D eigenvalue weighted by molar-refractivity contribution is 9.11. The van der Waals surface area contributed by atoms with Gasteiger partial charge in [-0.05, 0) is 55.9 Å². The molecule has 18 heavy (non-hydrogen) atoms. The summed E-state index contributed by atoms with van der Waals surface area (Å²) in [5, 5.41) is 0. The molecule has 1 nitrogen and oxygen atoms in total. The number of ether oxygens (including phenoxy) is 1. The third-order valence-electron chi connectivity index (χ3n) is 3.38. The minimum atomic E-state index is 0.382. The van der Waals surface area contributed by atoms with Gasteiger partial charge in [-0.25, -0.2) is 0 Å². The number of hydrogen-bond acceptors (Lipinski definition) is 1. The van der Waals surface area contributed by atoms with E-state index in [0.29, 0.717) is 10.9 Å². The van der Waals surface area contributed by atoms with Crippen LogP contribution in [0.5, 0.6) is 0 Å². The van der Waals surface area contributed by atoms with Crippen LogP contribution in [0.15, 0.2) is 21.1 Å². The van der Waals surface area contributed by atoms with Crippen LogP contribution in [-0.4, -0.2) is 12.7 Å². The molecule has 100 valence electrons. The summed E-state index contributed by atoms with van der Waals surface area (Å²) in [6, 6.07) is 4.37. The van der Waals surface area contributed by atoms with Gasteiger partial charge in [0.05, 0.1) is 6.10 Å². The molecule has 0 aromatic heterocycles. The third-order valence-corrected chi connectivity index (χ3v) is 5.87. The summed E-state index contributed by atoms with van der Waals surface area (Å²) >= 11 is 11.0. The van der Waals surface area contributed by atoms with Gasteiger partial charge in [0.1, 0.15) is 0 Å². The van der Waals surface area contributed by atoms with Gasteiger partial charge >= 0.3 is 0 Å². The Bertz CT molecular complexity index is 414. The summed E-state index contributed by atoms with van der Waals surface area (Å²) in [5.74, 6) is 0. The van der Waals surface area contributed by atoms with Crippen molar-refractivity contribution in [1.29, 1.82) is 0 Å². The van der Waals surface area contributed by atoms with Crippen LogP contribution in [0.1, 0.15) is 41.6 Å². The fourth-order valence-electron chi connectivity index (χ4n) is 2.26. The monoisotopic (exact) mass is 438 g/mol. The van der Waals surface area contributed by atoms with E-state index in [9.17, 15) is 0 Å². The van der Waals surface area contributed by atoms with Crippen LogP contribution in [-0.2, 0) is 4.74 Å². The average Bonchev–Trinajstić information content (AvgIpc) is 2.84. The minimum Gasteiger partial charge on any atom is -0.378 e. The number of rotatable bonds is 4. The van der Waals surface area contributed by atoms with E-state index < -0.39 is 0 Å². The van der Waals surface area contributed by atoms with E-state index >= 15 is 0 Å². The lowest BCUT2D eigenvalue weighted by Crippen LogP contribution is -2.06. The molecule has 0 bridgehead atoms. The summed E-state index contributed by atoms with van der Waals surface area (Å²) in [6.07, 6.45) is 5.15. The minimum absolute atomic E-state index is 0.382. The molecule has 4 heteroatoms. The largest absolute Gasteiger partial charge is 0.378 e. The maximum atomic E-state index is 5.67. The first kappa shape index (κ1) is 15.0. The summed E-state index contributed by atoms with van der Waals surface area (Å²) in [5.41, 5.74) is 2.56. The number of alkyl halides is 1. The molecule has 0 N–H and O–H groups in total. The first-order chi connectivity index (χ1) is 8.58. The summed E-state index contributed by atoms with van der Waals surface area (Å²) in [7, 11) is 0. The molecule has 0 saturated carbocycles. The van der Waals surface area contributed by atoms with E-state index in [-0.39, 0.29) is 0 Å². The predicted molar refractivity (Wildman–Crippen MR) is 86.5 cm³/mol. The second kappa shape index (κ2) is 6.87. The zero-order valence-electron chi connectivity index (χ0n) is 10.4. The SMILES string of the molecule is Cc1cc(Br)c(C(Br)CCC2CCCO2)cc1Br. The summed E-state index contributed by atoms with van der Waals surface area (Å²) < 4.78 is 8.02. The van der Waals surface area contributed by atoms with Crippen molar-refractivity contribution in [2.24, 2.45) is 0 Å². The highest BCUT2D eigenvalue weighted by atomic mass is 79.9.